The molecule has 5 rings (SSSR count). The van der Waals surface area contributed by atoms with E-state index in [4.69, 9.17) is 23.7 Å². The van der Waals surface area contributed by atoms with Gasteiger partial charge in [0.25, 0.3) is 0 Å². The van der Waals surface area contributed by atoms with Crippen LogP contribution in [-0.4, -0.2) is 75.9 Å². The van der Waals surface area contributed by atoms with Crippen molar-refractivity contribution >= 4 is 11.9 Å². The quantitative estimate of drug-likeness (QED) is 0.602. The number of carbonyl (C=O) groups is 1. The maximum atomic E-state index is 13.3. The van der Waals surface area contributed by atoms with Gasteiger partial charge in [-0.05, 0) is 30.7 Å². The molecule has 3 heterocycles. The van der Waals surface area contributed by atoms with E-state index in [0.717, 1.165) is 56.3 Å². The summed E-state index contributed by atoms with van der Waals surface area (Å²) in [5, 5.41) is 0. The fraction of sp³-hybridized carbons (Fsp3) is 0.423. The lowest BCUT2D eigenvalue weighted by atomic mass is 9.98. The molecule has 3 aliphatic heterocycles. The van der Waals surface area contributed by atoms with Gasteiger partial charge in [0.15, 0.2) is 17.3 Å². The van der Waals surface area contributed by atoms with Gasteiger partial charge in [0, 0.05) is 38.3 Å². The molecular formula is C26H30N2O6. The number of fused-ring (bicyclic) bond motifs is 3. The number of nitrogens with zero attached hydrogens (tertiary/aromatic N) is 2. The first kappa shape index (κ1) is 22.7. The maximum absolute atomic E-state index is 13.3. The third-order valence-corrected chi connectivity index (χ3v) is 6.54. The molecule has 0 radical (unpaired) electrons. The summed E-state index contributed by atoms with van der Waals surface area (Å²) in [7, 11) is 3.16. The predicted octanol–water partition coefficient (Wildman–Crippen LogP) is 3.11. The van der Waals surface area contributed by atoms with Crippen LogP contribution in [0.5, 0.6) is 23.0 Å². The van der Waals surface area contributed by atoms with Crippen LogP contribution >= 0.6 is 0 Å². The molecule has 1 fully saturated rings. The van der Waals surface area contributed by atoms with Crippen molar-refractivity contribution in [3.05, 3.63) is 52.3 Å². The van der Waals surface area contributed by atoms with Crippen molar-refractivity contribution in [2.75, 3.05) is 60.3 Å². The smallest absolute Gasteiger partial charge is 0.232 e. The molecule has 0 spiro atoms. The lowest BCUT2D eigenvalue weighted by Crippen LogP contribution is -2.43. The van der Waals surface area contributed by atoms with Crippen LogP contribution in [0.2, 0.25) is 0 Å². The Labute approximate surface area is 199 Å². The number of ketones is 1. The lowest BCUT2D eigenvalue weighted by Gasteiger charge is -2.33. The summed E-state index contributed by atoms with van der Waals surface area (Å²) in [6.07, 6.45) is 1.72. The van der Waals surface area contributed by atoms with Crippen molar-refractivity contribution in [3.63, 3.8) is 0 Å². The summed E-state index contributed by atoms with van der Waals surface area (Å²) in [6.45, 7) is 8.43. The van der Waals surface area contributed by atoms with Crippen molar-refractivity contribution in [1.82, 2.24) is 9.80 Å². The minimum atomic E-state index is -0.134. The second kappa shape index (κ2) is 9.66. The Hall–Kier alpha value is -3.07. The van der Waals surface area contributed by atoms with Crippen molar-refractivity contribution < 1.29 is 28.5 Å². The van der Waals surface area contributed by atoms with Gasteiger partial charge in [-0.1, -0.05) is 12.1 Å². The predicted molar refractivity (Wildman–Crippen MR) is 127 cm³/mol. The number of Topliss-reactive ketones (excluding diaryl/α,β-unsaturated/α-hetero) is 1. The molecule has 0 aliphatic carbocycles. The van der Waals surface area contributed by atoms with Crippen molar-refractivity contribution in [3.8, 4) is 23.0 Å². The van der Waals surface area contributed by atoms with E-state index in [1.165, 1.54) is 0 Å². The van der Waals surface area contributed by atoms with Gasteiger partial charge < -0.3 is 23.7 Å². The Morgan fingerprint density at radius 2 is 1.88 bits per heavy atom. The van der Waals surface area contributed by atoms with Crippen LogP contribution in [0.25, 0.3) is 6.08 Å². The Balaban J connectivity index is 1.40. The highest BCUT2D eigenvalue weighted by atomic mass is 16.5. The van der Waals surface area contributed by atoms with E-state index in [1.807, 2.05) is 31.2 Å². The van der Waals surface area contributed by atoms with E-state index >= 15 is 0 Å². The van der Waals surface area contributed by atoms with Crippen molar-refractivity contribution in [2.24, 2.45) is 0 Å². The molecule has 1 saturated heterocycles. The number of rotatable bonds is 6. The number of hydrogen-bond donors (Lipinski definition) is 0. The third-order valence-electron chi connectivity index (χ3n) is 6.54. The highest BCUT2D eigenvalue weighted by Crippen LogP contribution is 2.44. The zero-order valence-electron chi connectivity index (χ0n) is 19.9. The van der Waals surface area contributed by atoms with Gasteiger partial charge in [0.2, 0.25) is 5.78 Å². The minimum absolute atomic E-state index is 0.134. The van der Waals surface area contributed by atoms with Crippen molar-refractivity contribution in [2.45, 2.75) is 13.5 Å². The van der Waals surface area contributed by atoms with Crippen LogP contribution < -0.4 is 18.9 Å². The second-order valence-electron chi connectivity index (χ2n) is 8.68. The van der Waals surface area contributed by atoms with Gasteiger partial charge in [-0.15, -0.1) is 0 Å². The number of allylic oxidation sites excluding steroid dienone is 1. The molecule has 0 bridgehead atoms. The largest absolute Gasteiger partial charge is 0.493 e. The van der Waals surface area contributed by atoms with Crippen molar-refractivity contribution in [1.29, 1.82) is 0 Å². The van der Waals surface area contributed by atoms with Gasteiger partial charge in [0.05, 0.1) is 38.6 Å². The number of methoxy groups -OCH3 is 2. The summed E-state index contributed by atoms with van der Waals surface area (Å²) in [5.74, 6) is 2.67. The Morgan fingerprint density at radius 3 is 2.65 bits per heavy atom. The third kappa shape index (κ3) is 4.24. The Morgan fingerprint density at radius 1 is 1.09 bits per heavy atom. The second-order valence-corrected chi connectivity index (χ2v) is 8.68. The fourth-order valence-corrected chi connectivity index (χ4v) is 4.69. The normalized spacial score (nSPS) is 19.4. The van der Waals surface area contributed by atoms with Crippen LogP contribution in [0.3, 0.4) is 0 Å². The summed E-state index contributed by atoms with van der Waals surface area (Å²) in [4.78, 5) is 18.0. The molecule has 8 nitrogen and oxygen atoms in total. The van der Waals surface area contributed by atoms with Crippen LogP contribution in [0.4, 0.5) is 0 Å². The number of hydrogen-bond acceptors (Lipinski definition) is 8. The summed E-state index contributed by atoms with van der Waals surface area (Å²) >= 11 is 0. The summed E-state index contributed by atoms with van der Waals surface area (Å²) < 4.78 is 28.6. The highest BCUT2D eigenvalue weighted by molar-refractivity contribution is 6.16. The molecule has 0 unspecified atom stereocenters. The topological polar surface area (TPSA) is 69.7 Å². The molecule has 34 heavy (non-hydrogen) atoms. The molecule has 0 saturated carbocycles. The average molecular weight is 467 g/mol. The molecule has 0 atom stereocenters. The zero-order chi connectivity index (χ0) is 23.7. The van der Waals surface area contributed by atoms with E-state index in [0.29, 0.717) is 41.7 Å². The maximum Gasteiger partial charge on any atom is 0.232 e. The number of para-hydroxylation sites is 1. The molecule has 2 aromatic rings. The summed E-state index contributed by atoms with van der Waals surface area (Å²) in [5.41, 5.74) is 3.09. The molecule has 0 N–H and O–H groups in total. The molecule has 2 aromatic carbocycles. The molecule has 0 amide bonds. The summed E-state index contributed by atoms with van der Waals surface area (Å²) in [6, 6.07) is 7.49. The van der Waals surface area contributed by atoms with Crippen LogP contribution in [0.1, 0.15) is 27.0 Å². The first-order valence-corrected chi connectivity index (χ1v) is 11.6. The Kier molecular flexibility index (Phi) is 6.45. The van der Waals surface area contributed by atoms with E-state index < -0.39 is 0 Å². The number of carbonyl (C=O) groups excluding carboxylic acids is 1. The first-order valence-electron chi connectivity index (χ1n) is 11.6. The van der Waals surface area contributed by atoms with Crippen LogP contribution in [0.15, 0.2) is 30.0 Å². The molecular weight excluding hydrogens is 436 g/mol. The van der Waals surface area contributed by atoms with Gasteiger partial charge >= 0.3 is 0 Å². The van der Waals surface area contributed by atoms with Crippen LogP contribution in [-0.2, 0) is 11.3 Å². The van der Waals surface area contributed by atoms with E-state index in [1.54, 1.807) is 20.3 Å². The van der Waals surface area contributed by atoms with Crippen LogP contribution in [0, 0.1) is 6.92 Å². The van der Waals surface area contributed by atoms with E-state index in [2.05, 4.69) is 9.80 Å². The fourth-order valence-electron chi connectivity index (χ4n) is 4.69. The van der Waals surface area contributed by atoms with Gasteiger partial charge in [-0.3, -0.25) is 14.6 Å². The standard InChI is InChI=1S/C26H30N2O6/c1-17-13-21-19(15-28(16-33-21)8-7-27-9-11-32-12-10-27)26-23(17)24(29)22(34-26)14-18-5-4-6-20(30-2)25(18)31-3/h4-6,13-14H,7-12,15-16H2,1-3H3/b22-14-. The molecule has 180 valence electrons. The van der Waals surface area contributed by atoms with Gasteiger partial charge in [0.1, 0.15) is 18.2 Å². The zero-order valence-corrected chi connectivity index (χ0v) is 19.9. The number of benzene rings is 2. The van der Waals surface area contributed by atoms with E-state index in [-0.39, 0.29) is 11.5 Å². The molecule has 3 aliphatic rings. The van der Waals surface area contributed by atoms with Gasteiger partial charge in [-0.2, -0.15) is 0 Å². The minimum Gasteiger partial charge on any atom is -0.493 e. The SMILES string of the molecule is COc1cccc(/C=C2\Oc3c4c(cc(C)c3C2=O)OCN(CCN2CCOCC2)C4)c1OC. The monoisotopic (exact) mass is 466 g/mol. The average Bonchev–Trinajstić information content (AvgIpc) is 3.20. The molecule has 0 aromatic heterocycles. The Bertz CT molecular complexity index is 1120. The number of ether oxygens (including phenoxy) is 5. The highest BCUT2D eigenvalue weighted by Gasteiger charge is 2.35. The number of aryl methyl sites for hydroxylation is 1. The number of morpholine rings is 1. The first-order chi connectivity index (χ1) is 16.6. The lowest BCUT2D eigenvalue weighted by molar-refractivity contribution is 0.0239. The molecule has 8 heteroatoms. The van der Waals surface area contributed by atoms with E-state index in [9.17, 15) is 4.79 Å². The van der Waals surface area contributed by atoms with Gasteiger partial charge in [-0.25, -0.2) is 0 Å².